The minimum absolute atomic E-state index is 0.0192. The Labute approximate surface area is 105 Å². The lowest BCUT2D eigenvalue weighted by Gasteiger charge is -2.07. The normalized spacial score (nSPS) is 10.6. The Hall–Kier alpha value is -2.17. The van der Waals surface area contributed by atoms with E-state index in [0.717, 1.165) is 23.4 Å². The van der Waals surface area contributed by atoms with Crippen LogP contribution < -0.4 is 0 Å². The van der Waals surface area contributed by atoms with Crippen molar-refractivity contribution in [3.8, 4) is 5.69 Å². The van der Waals surface area contributed by atoms with Crippen LogP contribution in [0.1, 0.15) is 34.4 Å². The number of nitrogens with zero attached hydrogens (tertiary/aromatic N) is 3. The van der Waals surface area contributed by atoms with Crippen molar-refractivity contribution in [1.29, 1.82) is 0 Å². The Bertz CT molecular complexity index is 602. The molecule has 0 bridgehead atoms. The lowest BCUT2D eigenvalue weighted by atomic mass is 10.1. The Balaban J connectivity index is 2.66. The van der Waals surface area contributed by atoms with E-state index in [2.05, 4.69) is 17.0 Å². The number of hydrogen-bond acceptors (Lipinski definition) is 3. The van der Waals surface area contributed by atoms with Crippen LogP contribution in [0.15, 0.2) is 18.3 Å². The largest absolute Gasteiger partial charge is 0.476 e. The quantitative estimate of drug-likeness (QED) is 0.899. The van der Waals surface area contributed by atoms with Gasteiger partial charge in [-0.3, -0.25) is 0 Å². The lowest BCUT2D eigenvalue weighted by molar-refractivity contribution is 0.0690. The van der Waals surface area contributed by atoms with E-state index >= 15 is 0 Å². The summed E-state index contributed by atoms with van der Waals surface area (Å²) in [6.07, 6.45) is 2.35. The molecule has 2 aromatic rings. The van der Waals surface area contributed by atoms with Gasteiger partial charge < -0.3 is 5.11 Å². The standard InChI is InChI=1S/C13H15N3O2/c1-4-10-8(2)15-16(9(10)3)11-6-5-7-14-12(11)13(17)18/h5-7H,4H2,1-3H3,(H,17,18). The summed E-state index contributed by atoms with van der Waals surface area (Å²) in [5.41, 5.74) is 3.56. The number of carboxylic acid groups (broad SMARTS) is 1. The van der Waals surface area contributed by atoms with Crippen molar-refractivity contribution in [3.05, 3.63) is 41.0 Å². The van der Waals surface area contributed by atoms with E-state index in [1.165, 1.54) is 6.20 Å². The average molecular weight is 245 g/mol. The van der Waals surface area contributed by atoms with Crippen molar-refractivity contribution in [2.24, 2.45) is 0 Å². The highest BCUT2D eigenvalue weighted by molar-refractivity contribution is 5.89. The molecule has 18 heavy (non-hydrogen) atoms. The molecule has 94 valence electrons. The van der Waals surface area contributed by atoms with Crippen LogP contribution in [0.4, 0.5) is 0 Å². The molecule has 1 N–H and O–H groups in total. The Morgan fingerprint density at radius 1 is 1.44 bits per heavy atom. The van der Waals surface area contributed by atoms with Gasteiger partial charge in [-0.05, 0) is 38.0 Å². The summed E-state index contributed by atoms with van der Waals surface area (Å²) < 4.78 is 1.66. The number of aryl methyl sites for hydroxylation is 1. The molecule has 5 heteroatoms. The van der Waals surface area contributed by atoms with E-state index < -0.39 is 5.97 Å². The molecule has 0 amide bonds. The van der Waals surface area contributed by atoms with E-state index in [0.29, 0.717) is 5.69 Å². The van der Waals surface area contributed by atoms with Gasteiger partial charge >= 0.3 is 5.97 Å². The third-order valence-corrected chi connectivity index (χ3v) is 3.01. The van der Waals surface area contributed by atoms with Gasteiger partial charge in [0.25, 0.3) is 0 Å². The Morgan fingerprint density at radius 2 is 2.17 bits per heavy atom. The fourth-order valence-electron chi connectivity index (χ4n) is 2.15. The maximum atomic E-state index is 11.2. The van der Waals surface area contributed by atoms with Crippen molar-refractivity contribution in [1.82, 2.24) is 14.8 Å². The molecule has 5 nitrogen and oxygen atoms in total. The van der Waals surface area contributed by atoms with Gasteiger partial charge in [-0.25, -0.2) is 14.5 Å². The fourth-order valence-corrected chi connectivity index (χ4v) is 2.15. The Morgan fingerprint density at radius 3 is 2.72 bits per heavy atom. The summed E-state index contributed by atoms with van der Waals surface area (Å²) in [5.74, 6) is -1.05. The zero-order chi connectivity index (χ0) is 13.3. The van der Waals surface area contributed by atoms with Gasteiger partial charge in [-0.1, -0.05) is 6.92 Å². The van der Waals surface area contributed by atoms with Crippen molar-refractivity contribution >= 4 is 5.97 Å². The molecule has 0 aliphatic heterocycles. The zero-order valence-corrected chi connectivity index (χ0v) is 10.6. The molecule has 0 saturated heterocycles. The van der Waals surface area contributed by atoms with Crippen molar-refractivity contribution in [2.75, 3.05) is 0 Å². The molecule has 0 fully saturated rings. The predicted octanol–water partition coefficient (Wildman–Crippen LogP) is 2.14. The highest BCUT2D eigenvalue weighted by Gasteiger charge is 2.17. The summed E-state index contributed by atoms with van der Waals surface area (Å²) in [7, 11) is 0. The van der Waals surface area contributed by atoms with E-state index in [4.69, 9.17) is 5.11 Å². The molecular weight excluding hydrogens is 230 g/mol. The second kappa shape index (κ2) is 4.60. The smallest absolute Gasteiger partial charge is 0.356 e. The van der Waals surface area contributed by atoms with Crippen LogP contribution in [-0.2, 0) is 6.42 Å². The first-order valence-electron chi connectivity index (χ1n) is 5.80. The summed E-state index contributed by atoms with van der Waals surface area (Å²) in [5, 5.41) is 13.6. The van der Waals surface area contributed by atoms with Gasteiger partial charge in [0.2, 0.25) is 0 Å². The molecule has 2 rings (SSSR count). The van der Waals surface area contributed by atoms with E-state index in [1.807, 2.05) is 13.8 Å². The number of rotatable bonds is 3. The molecule has 0 spiro atoms. The summed E-state index contributed by atoms with van der Waals surface area (Å²) in [6, 6.07) is 3.43. The number of hydrogen-bond donors (Lipinski definition) is 1. The molecule has 0 aliphatic carbocycles. The van der Waals surface area contributed by atoms with Crippen molar-refractivity contribution in [3.63, 3.8) is 0 Å². The van der Waals surface area contributed by atoms with E-state index in [-0.39, 0.29) is 5.69 Å². The molecule has 0 saturated carbocycles. The number of aromatic carboxylic acids is 1. The maximum Gasteiger partial charge on any atom is 0.356 e. The highest BCUT2D eigenvalue weighted by Crippen LogP contribution is 2.19. The first kappa shape index (κ1) is 12.3. The van der Waals surface area contributed by atoms with Gasteiger partial charge in [-0.15, -0.1) is 0 Å². The minimum atomic E-state index is -1.05. The second-order valence-electron chi connectivity index (χ2n) is 4.09. The van der Waals surface area contributed by atoms with Crippen molar-refractivity contribution in [2.45, 2.75) is 27.2 Å². The summed E-state index contributed by atoms with van der Waals surface area (Å²) >= 11 is 0. The highest BCUT2D eigenvalue weighted by atomic mass is 16.4. The maximum absolute atomic E-state index is 11.2. The topological polar surface area (TPSA) is 68.0 Å². The summed E-state index contributed by atoms with van der Waals surface area (Å²) in [4.78, 5) is 15.1. The van der Waals surface area contributed by atoms with Crippen LogP contribution in [0.25, 0.3) is 5.69 Å². The average Bonchev–Trinajstić information content (AvgIpc) is 2.64. The molecule has 0 aromatic carbocycles. The van der Waals surface area contributed by atoms with Crippen LogP contribution in [0.5, 0.6) is 0 Å². The fraction of sp³-hybridized carbons (Fsp3) is 0.308. The molecule has 2 aromatic heterocycles. The van der Waals surface area contributed by atoms with Gasteiger partial charge in [0.05, 0.1) is 11.4 Å². The van der Waals surface area contributed by atoms with E-state index in [1.54, 1.807) is 16.8 Å². The first-order valence-corrected chi connectivity index (χ1v) is 5.80. The summed E-state index contributed by atoms with van der Waals surface area (Å²) in [6.45, 7) is 5.93. The number of aromatic nitrogens is 3. The number of pyridine rings is 1. The predicted molar refractivity (Wildman–Crippen MR) is 67.2 cm³/mol. The van der Waals surface area contributed by atoms with Gasteiger partial charge in [0, 0.05) is 11.9 Å². The molecular formula is C13H15N3O2. The number of carbonyl (C=O) groups is 1. The zero-order valence-electron chi connectivity index (χ0n) is 10.6. The molecule has 0 radical (unpaired) electrons. The third-order valence-electron chi connectivity index (χ3n) is 3.01. The lowest BCUT2D eigenvalue weighted by Crippen LogP contribution is -2.10. The minimum Gasteiger partial charge on any atom is -0.476 e. The third kappa shape index (κ3) is 1.88. The van der Waals surface area contributed by atoms with Gasteiger partial charge in [0.1, 0.15) is 0 Å². The van der Waals surface area contributed by atoms with Crippen LogP contribution in [-0.4, -0.2) is 25.8 Å². The monoisotopic (exact) mass is 245 g/mol. The first-order chi connectivity index (χ1) is 8.56. The second-order valence-corrected chi connectivity index (χ2v) is 4.09. The van der Waals surface area contributed by atoms with Crippen LogP contribution in [0, 0.1) is 13.8 Å². The molecule has 0 unspecified atom stereocenters. The van der Waals surface area contributed by atoms with Crippen LogP contribution >= 0.6 is 0 Å². The number of carboxylic acids is 1. The molecule has 2 heterocycles. The molecule has 0 atom stereocenters. The Kier molecular flexibility index (Phi) is 3.14. The molecule has 0 aliphatic rings. The van der Waals surface area contributed by atoms with Gasteiger partial charge in [0.15, 0.2) is 5.69 Å². The SMILES string of the molecule is CCc1c(C)nn(-c2cccnc2C(=O)O)c1C. The van der Waals surface area contributed by atoms with E-state index in [9.17, 15) is 4.79 Å². The van der Waals surface area contributed by atoms with Gasteiger partial charge in [-0.2, -0.15) is 5.10 Å². The van der Waals surface area contributed by atoms with Crippen LogP contribution in [0.3, 0.4) is 0 Å². The van der Waals surface area contributed by atoms with Crippen molar-refractivity contribution < 1.29 is 9.90 Å². The van der Waals surface area contributed by atoms with Crippen LogP contribution in [0.2, 0.25) is 0 Å².